The van der Waals surface area contributed by atoms with Crippen LogP contribution in [0, 0.1) is 0 Å². The van der Waals surface area contributed by atoms with E-state index in [2.05, 4.69) is 15.7 Å². The highest BCUT2D eigenvalue weighted by Gasteiger charge is 2.12. The van der Waals surface area contributed by atoms with Crippen molar-refractivity contribution in [3.63, 3.8) is 0 Å². The third-order valence-electron chi connectivity index (χ3n) is 2.81. The molecular formula is C14H20N4O3. The van der Waals surface area contributed by atoms with E-state index >= 15 is 0 Å². The zero-order valence-electron chi connectivity index (χ0n) is 11.9. The quantitative estimate of drug-likeness (QED) is 0.234. The molecule has 0 radical (unpaired) electrons. The number of benzene rings is 1. The maximum atomic E-state index is 11.4. The summed E-state index contributed by atoms with van der Waals surface area (Å²) in [6.45, 7) is 2.53. The number of nitrogens with two attached hydrogens (primary N) is 1. The molecule has 7 nitrogen and oxygen atoms in total. The Morgan fingerprint density at radius 1 is 1.38 bits per heavy atom. The second-order valence-corrected chi connectivity index (χ2v) is 4.57. The van der Waals surface area contributed by atoms with Crippen molar-refractivity contribution in [1.29, 1.82) is 0 Å². The molecule has 0 aliphatic rings. The Morgan fingerprint density at radius 3 is 2.62 bits per heavy atom. The second-order valence-electron chi connectivity index (χ2n) is 4.57. The van der Waals surface area contributed by atoms with Crippen molar-refractivity contribution in [2.24, 2.45) is 10.9 Å². The fourth-order valence-electron chi connectivity index (χ4n) is 1.62. The van der Waals surface area contributed by atoms with Crippen molar-refractivity contribution < 1.29 is 14.7 Å². The fraction of sp³-hybridized carbons (Fsp3) is 0.357. The molecule has 0 fully saturated rings. The summed E-state index contributed by atoms with van der Waals surface area (Å²) in [5.74, 6) is 3.73. The van der Waals surface area contributed by atoms with Crippen LogP contribution in [-0.4, -0.2) is 35.8 Å². The molecule has 0 spiro atoms. The molecule has 1 rings (SSSR count). The van der Waals surface area contributed by atoms with E-state index in [0.29, 0.717) is 13.1 Å². The smallest absolute Gasteiger partial charge is 0.325 e. The molecule has 1 aromatic rings. The zero-order chi connectivity index (χ0) is 15.7. The van der Waals surface area contributed by atoms with Crippen molar-refractivity contribution >= 4 is 18.1 Å². The summed E-state index contributed by atoms with van der Waals surface area (Å²) in [7, 11) is 0. The molecular weight excluding hydrogens is 272 g/mol. The highest BCUT2D eigenvalue weighted by atomic mass is 16.4. The number of hydrogen-bond donors (Lipinski definition) is 4. The van der Waals surface area contributed by atoms with Crippen LogP contribution in [0.5, 0.6) is 0 Å². The minimum absolute atomic E-state index is 0.232. The molecule has 1 atom stereocenters. The van der Waals surface area contributed by atoms with Crippen LogP contribution in [0.15, 0.2) is 29.4 Å². The van der Waals surface area contributed by atoms with Gasteiger partial charge in [0.15, 0.2) is 0 Å². The minimum Gasteiger partial charge on any atom is -0.480 e. The molecule has 0 heterocycles. The average Bonchev–Trinajstić information content (AvgIpc) is 2.45. The predicted octanol–water partition coefficient (Wildman–Crippen LogP) is 0.0482. The van der Waals surface area contributed by atoms with E-state index in [1.807, 2.05) is 24.3 Å². The van der Waals surface area contributed by atoms with E-state index in [0.717, 1.165) is 11.1 Å². The maximum absolute atomic E-state index is 11.4. The van der Waals surface area contributed by atoms with E-state index in [4.69, 9.17) is 10.9 Å². The fourth-order valence-corrected chi connectivity index (χ4v) is 1.62. The first-order valence-electron chi connectivity index (χ1n) is 6.58. The van der Waals surface area contributed by atoms with Gasteiger partial charge in [0.1, 0.15) is 6.04 Å². The largest absolute Gasteiger partial charge is 0.480 e. The number of hydrogen-bond acceptors (Lipinski definition) is 5. The van der Waals surface area contributed by atoms with Crippen molar-refractivity contribution in [3.05, 3.63) is 35.4 Å². The second kappa shape index (κ2) is 8.70. The summed E-state index contributed by atoms with van der Waals surface area (Å²) in [5.41, 5.74) is 1.99. The highest BCUT2D eigenvalue weighted by molar-refractivity contribution is 5.83. The molecule has 7 heteroatoms. The van der Waals surface area contributed by atoms with Gasteiger partial charge in [0, 0.05) is 19.5 Å². The monoisotopic (exact) mass is 292 g/mol. The van der Waals surface area contributed by atoms with Crippen molar-refractivity contribution in [1.82, 2.24) is 10.6 Å². The average molecular weight is 292 g/mol. The SMILES string of the molecule is CC(NC(=O)CCNCc1ccc(C=NN)cc1)C(=O)O. The third-order valence-corrected chi connectivity index (χ3v) is 2.81. The zero-order valence-corrected chi connectivity index (χ0v) is 11.9. The number of amides is 1. The standard InChI is InChI=1S/C14H20N4O3/c1-10(14(20)21)18-13(19)6-7-16-8-11-2-4-12(5-3-11)9-17-15/h2-5,9-10,16H,6-8,15H2,1H3,(H,18,19)(H,20,21). The van der Waals surface area contributed by atoms with Crippen LogP contribution in [0.25, 0.3) is 0 Å². The third kappa shape index (κ3) is 6.53. The van der Waals surface area contributed by atoms with Gasteiger partial charge in [-0.3, -0.25) is 9.59 Å². The molecule has 1 aromatic carbocycles. The Bertz CT molecular complexity index is 499. The van der Waals surface area contributed by atoms with Crippen LogP contribution in [0.1, 0.15) is 24.5 Å². The Morgan fingerprint density at radius 2 is 2.05 bits per heavy atom. The minimum atomic E-state index is -1.04. The Kier molecular flexibility index (Phi) is 6.90. The Labute approximate surface area is 123 Å². The van der Waals surface area contributed by atoms with Gasteiger partial charge in [-0.15, -0.1) is 0 Å². The first-order valence-corrected chi connectivity index (χ1v) is 6.58. The highest BCUT2D eigenvalue weighted by Crippen LogP contribution is 2.02. The van der Waals surface area contributed by atoms with E-state index in [1.54, 1.807) is 6.21 Å². The number of carbonyl (C=O) groups is 2. The molecule has 21 heavy (non-hydrogen) atoms. The van der Waals surface area contributed by atoms with Gasteiger partial charge in [0.05, 0.1) is 6.21 Å². The van der Waals surface area contributed by atoms with Crippen LogP contribution in [0.2, 0.25) is 0 Å². The number of nitrogens with zero attached hydrogens (tertiary/aromatic N) is 1. The number of carboxylic acids is 1. The molecule has 1 unspecified atom stereocenters. The normalized spacial score (nSPS) is 12.2. The molecule has 0 aliphatic carbocycles. The lowest BCUT2D eigenvalue weighted by atomic mass is 10.1. The summed E-state index contributed by atoms with van der Waals surface area (Å²) in [6, 6.07) is 6.81. The lowest BCUT2D eigenvalue weighted by molar-refractivity contribution is -0.141. The molecule has 0 bridgehead atoms. The number of carbonyl (C=O) groups excluding carboxylic acids is 1. The number of carboxylic acid groups (broad SMARTS) is 1. The lowest BCUT2D eigenvalue weighted by Crippen LogP contribution is -2.39. The first kappa shape index (κ1) is 16.6. The topological polar surface area (TPSA) is 117 Å². The van der Waals surface area contributed by atoms with Crippen molar-refractivity contribution in [2.75, 3.05) is 6.54 Å². The van der Waals surface area contributed by atoms with Gasteiger partial charge in [-0.05, 0) is 18.1 Å². The van der Waals surface area contributed by atoms with Crippen molar-refractivity contribution in [3.8, 4) is 0 Å². The number of aliphatic carboxylic acids is 1. The van der Waals surface area contributed by atoms with Crippen LogP contribution in [0.4, 0.5) is 0 Å². The number of hydrazone groups is 1. The van der Waals surface area contributed by atoms with Gasteiger partial charge < -0.3 is 21.6 Å². The summed E-state index contributed by atoms with van der Waals surface area (Å²) in [4.78, 5) is 22.0. The predicted molar refractivity (Wildman–Crippen MR) is 79.8 cm³/mol. The Balaban J connectivity index is 2.24. The van der Waals surface area contributed by atoms with Gasteiger partial charge in [0.25, 0.3) is 0 Å². The van der Waals surface area contributed by atoms with Gasteiger partial charge in [-0.2, -0.15) is 5.10 Å². The molecule has 0 aromatic heterocycles. The number of rotatable bonds is 8. The molecule has 1 amide bonds. The van der Waals surface area contributed by atoms with Gasteiger partial charge >= 0.3 is 5.97 Å². The summed E-state index contributed by atoms with van der Waals surface area (Å²) in [5, 5.41) is 17.6. The summed E-state index contributed by atoms with van der Waals surface area (Å²) >= 11 is 0. The summed E-state index contributed by atoms with van der Waals surface area (Å²) < 4.78 is 0. The van der Waals surface area contributed by atoms with E-state index in [1.165, 1.54) is 6.92 Å². The molecule has 0 saturated carbocycles. The van der Waals surface area contributed by atoms with Gasteiger partial charge in [-0.25, -0.2) is 0 Å². The van der Waals surface area contributed by atoms with Gasteiger partial charge in [-0.1, -0.05) is 24.3 Å². The maximum Gasteiger partial charge on any atom is 0.325 e. The van der Waals surface area contributed by atoms with Gasteiger partial charge in [0.2, 0.25) is 5.91 Å². The van der Waals surface area contributed by atoms with E-state index in [9.17, 15) is 9.59 Å². The van der Waals surface area contributed by atoms with Crippen LogP contribution in [-0.2, 0) is 16.1 Å². The molecule has 0 aliphatic heterocycles. The Hall–Kier alpha value is -2.41. The van der Waals surface area contributed by atoms with Crippen LogP contribution >= 0.6 is 0 Å². The molecule has 0 saturated heterocycles. The van der Waals surface area contributed by atoms with Crippen molar-refractivity contribution in [2.45, 2.75) is 25.9 Å². The summed E-state index contributed by atoms with van der Waals surface area (Å²) in [6.07, 6.45) is 1.79. The first-order chi connectivity index (χ1) is 10.0. The van der Waals surface area contributed by atoms with Crippen LogP contribution < -0.4 is 16.5 Å². The van der Waals surface area contributed by atoms with E-state index < -0.39 is 12.0 Å². The lowest BCUT2D eigenvalue weighted by Gasteiger charge is -2.09. The molecule has 5 N–H and O–H groups in total. The molecule has 114 valence electrons. The number of nitrogens with one attached hydrogen (secondary N) is 2. The van der Waals surface area contributed by atoms with E-state index in [-0.39, 0.29) is 12.3 Å². The van der Waals surface area contributed by atoms with Crippen LogP contribution in [0.3, 0.4) is 0 Å².